The molecule has 46 valence electrons. The van der Waals surface area contributed by atoms with E-state index in [0.717, 1.165) is 11.7 Å². The molecule has 1 aliphatic heterocycles. The second-order valence-corrected chi connectivity index (χ2v) is 3.25. The lowest BCUT2D eigenvalue weighted by Gasteiger charge is -2.06. The van der Waals surface area contributed by atoms with E-state index in [2.05, 4.69) is 17.9 Å². The molecule has 0 radical (unpaired) electrons. The van der Waals surface area contributed by atoms with Crippen LogP contribution in [-0.2, 0) is 0 Å². The largest absolute Gasteiger partial charge is 0.310 e. The van der Waals surface area contributed by atoms with Gasteiger partial charge >= 0.3 is 0 Å². The Kier molecular flexibility index (Phi) is 0.910. The van der Waals surface area contributed by atoms with Gasteiger partial charge < -0.3 is 5.32 Å². The molecule has 0 aromatic carbocycles. The Balaban J connectivity index is 2.08. The summed E-state index contributed by atoms with van der Waals surface area (Å²) in [6.45, 7) is 1.23. The van der Waals surface area contributed by atoms with E-state index in [9.17, 15) is 0 Å². The van der Waals surface area contributed by atoms with Crippen molar-refractivity contribution in [2.24, 2.45) is 5.92 Å². The topological polar surface area (TPSA) is 12.0 Å². The summed E-state index contributed by atoms with van der Waals surface area (Å²) < 4.78 is 0. The summed E-state index contributed by atoms with van der Waals surface area (Å²) in [5.74, 6) is 2.03. The van der Waals surface area contributed by atoms with E-state index in [1.54, 1.807) is 0 Å². The molecule has 1 aliphatic carbocycles. The molecule has 0 spiro atoms. The fourth-order valence-corrected chi connectivity index (χ4v) is 2.22. The van der Waals surface area contributed by atoms with Gasteiger partial charge in [-0.05, 0) is 25.3 Å². The predicted octanol–water partition coefficient (Wildman–Crippen LogP) is 0.668. The van der Waals surface area contributed by atoms with E-state index in [1.807, 2.05) is 0 Å². The molecule has 0 aromatic heterocycles. The lowest BCUT2D eigenvalue weighted by Crippen LogP contribution is -2.29. The van der Waals surface area contributed by atoms with Gasteiger partial charge in [0, 0.05) is 11.3 Å². The molecule has 2 rings (SSSR count). The summed E-state index contributed by atoms with van der Waals surface area (Å²) in [4.78, 5) is 0. The maximum absolute atomic E-state index is 4.28. The molecule has 2 atom stereocenters. The first-order chi connectivity index (χ1) is 3.87. The van der Waals surface area contributed by atoms with Gasteiger partial charge in [-0.3, -0.25) is 0 Å². The lowest BCUT2D eigenvalue weighted by atomic mass is 10.3. The zero-order chi connectivity index (χ0) is 5.61. The number of piperidine rings is 1. The maximum Gasteiger partial charge on any atom is 0.0302 e. The van der Waals surface area contributed by atoms with Crippen LogP contribution in [-0.4, -0.2) is 17.8 Å². The van der Waals surface area contributed by atoms with Crippen LogP contribution >= 0.6 is 12.6 Å². The van der Waals surface area contributed by atoms with E-state index in [-0.39, 0.29) is 0 Å². The molecule has 1 N–H and O–H groups in total. The van der Waals surface area contributed by atoms with Gasteiger partial charge in [0.1, 0.15) is 0 Å². The summed E-state index contributed by atoms with van der Waals surface area (Å²) in [7, 11) is 0. The minimum atomic E-state index is 0.517. The number of fused-ring (bicyclic) bond motifs is 1. The van der Waals surface area contributed by atoms with Crippen LogP contribution in [0.4, 0.5) is 0 Å². The predicted molar refractivity (Wildman–Crippen MR) is 37.3 cm³/mol. The molecule has 2 unspecified atom stereocenters. The van der Waals surface area contributed by atoms with Crippen molar-refractivity contribution in [1.29, 1.82) is 0 Å². The van der Waals surface area contributed by atoms with E-state index in [0.29, 0.717) is 5.54 Å². The maximum atomic E-state index is 4.28. The van der Waals surface area contributed by atoms with Gasteiger partial charge in [-0.2, -0.15) is 12.6 Å². The van der Waals surface area contributed by atoms with Crippen LogP contribution in [0.25, 0.3) is 0 Å². The Labute approximate surface area is 55.3 Å². The second-order valence-electron chi connectivity index (χ2n) is 2.93. The third-order valence-electron chi connectivity index (χ3n) is 2.48. The molecule has 1 saturated heterocycles. The molecule has 0 bridgehead atoms. The monoisotopic (exact) mass is 129 g/mol. The molecule has 0 amide bonds. The van der Waals surface area contributed by atoms with Gasteiger partial charge in [0.15, 0.2) is 0 Å². The highest BCUT2D eigenvalue weighted by atomic mass is 32.1. The number of nitrogens with one attached hydrogen (secondary N) is 1. The average Bonchev–Trinajstić information content (AvgIpc) is 2.38. The highest BCUT2D eigenvalue weighted by Gasteiger charge is 2.55. The number of thiol groups is 1. The zero-order valence-electron chi connectivity index (χ0n) is 4.85. The highest BCUT2D eigenvalue weighted by Crippen LogP contribution is 2.49. The lowest BCUT2D eigenvalue weighted by molar-refractivity contribution is 0.611. The summed E-state index contributed by atoms with van der Waals surface area (Å²) in [5, 5.41) is 3.48. The van der Waals surface area contributed by atoms with Crippen molar-refractivity contribution in [3.8, 4) is 0 Å². The molecule has 2 fully saturated rings. The molecule has 8 heavy (non-hydrogen) atoms. The smallest absolute Gasteiger partial charge is 0.0302 e. The Morgan fingerprint density at radius 3 is 2.88 bits per heavy atom. The Bertz CT molecular complexity index is 111. The fourth-order valence-electron chi connectivity index (χ4n) is 1.72. The third-order valence-corrected chi connectivity index (χ3v) is 3.05. The molecule has 1 nitrogen and oxygen atoms in total. The van der Waals surface area contributed by atoms with Crippen LogP contribution in [0.15, 0.2) is 0 Å². The number of hydrogen-bond acceptors (Lipinski definition) is 2. The number of hydrogen-bond donors (Lipinski definition) is 2. The molecule has 1 saturated carbocycles. The van der Waals surface area contributed by atoms with Gasteiger partial charge in [0.05, 0.1) is 0 Å². The van der Waals surface area contributed by atoms with Crippen molar-refractivity contribution in [2.45, 2.75) is 18.4 Å². The second kappa shape index (κ2) is 1.42. The normalized spacial score (nSPS) is 51.4. The minimum Gasteiger partial charge on any atom is -0.310 e. The molecule has 2 heteroatoms. The first-order valence-electron chi connectivity index (χ1n) is 3.23. The standard InChI is InChI=1S/C6H11NS/c8-4-6-3-5(6)1-2-7-6/h5,7-8H,1-4H2. The number of rotatable bonds is 1. The van der Waals surface area contributed by atoms with Crippen LogP contribution < -0.4 is 5.32 Å². The quantitative estimate of drug-likeness (QED) is 0.496. The molecule has 1 heterocycles. The molecule has 2 aliphatic rings. The molecular formula is C6H11NS. The summed E-state index contributed by atoms with van der Waals surface area (Å²) in [6, 6.07) is 0. The van der Waals surface area contributed by atoms with E-state index in [4.69, 9.17) is 0 Å². The molecular weight excluding hydrogens is 118 g/mol. The van der Waals surface area contributed by atoms with Crippen molar-refractivity contribution < 1.29 is 0 Å². The Morgan fingerprint density at radius 2 is 2.62 bits per heavy atom. The van der Waals surface area contributed by atoms with Crippen LogP contribution in [0.1, 0.15) is 12.8 Å². The summed E-state index contributed by atoms with van der Waals surface area (Å²) in [5.41, 5.74) is 0.517. The van der Waals surface area contributed by atoms with Gasteiger partial charge in [0.25, 0.3) is 0 Å². The van der Waals surface area contributed by atoms with Gasteiger partial charge in [-0.15, -0.1) is 0 Å². The van der Waals surface area contributed by atoms with Crippen molar-refractivity contribution in [3.05, 3.63) is 0 Å². The summed E-state index contributed by atoms with van der Waals surface area (Å²) >= 11 is 4.28. The van der Waals surface area contributed by atoms with Crippen molar-refractivity contribution >= 4 is 12.6 Å². The Morgan fingerprint density at radius 1 is 1.75 bits per heavy atom. The fraction of sp³-hybridized carbons (Fsp3) is 1.00. The van der Waals surface area contributed by atoms with Crippen molar-refractivity contribution in [3.63, 3.8) is 0 Å². The van der Waals surface area contributed by atoms with E-state index >= 15 is 0 Å². The minimum absolute atomic E-state index is 0.517. The molecule has 0 aromatic rings. The van der Waals surface area contributed by atoms with Crippen molar-refractivity contribution in [1.82, 2.24) is 5.32 Å². The van der Waals surface area contributed by atoms with E-state index in [1.165, 1.54) is 19.4 Å². The van der Waals surface area contributed by atoms with Gasteiger partial charge in [-0.25, -0.2) is 0 Å². The SMILES string of the molecule is SCC12CC1CCN2. The van der Waals surface area contributed by atoms with Crippen LogP contribution in [0.5, 0.6) is 0 Å². The Hall–Kier alpha value is 0.310. The summed E-state index contributed by atoms with van der Waals surface area (Å²) in [6.07, 6.45) is 2.77. The highest BCUT2D eigenvalue weighted by molar-refractivity contribution is 7.80. The van der Waals surface area contributed by atoms with Crippen LogP contribution in [0.3, 0.4) is 0 Å². The zero-order valence-corrected chi connectivity index (χ0v) is 5.75. The van der Waals surface area contributed by atoms with Gasteiger partial charge in [0.2, 0.25) is 0 Å². The first kappa shape index (κ1) is 5.12. The van der Waals surface area contributed by atoms with E-state index < -0.39 is 0 Å². The van der Waals surface area contributed by atoms with Crippen LogP contribution in [0, 0.1) is 5.92 Å². The van der Waals surface area contributed by atoms with Gasteiger partial charge in [-0.1, -0.05) is 0 Å². The van der Waals surface area contributed by atoms with Crippen molar-refractivity contribution in [2.75, 3.05) is 12.3 Å². The third kappa shape index (κ3) is 0.477. The van der Waals surface area contributed by atoms with Crippen LogP contribution in [0.2, 0.25) is 0 Å². The first-order valence-corrected chi connectivity index (χ1v) is 3.86. The average molecular weight is 129 g/mol.